The maximum Gasteiger partial charge on any atom is 0.247 e. The van der Waals surface area contributed by atoms with Gasteiger partial charge in [-0.05, 0) is 37.1 Å². The minimum absolute atomic E-state index is 0.0106. The first-order chi connectivity index (χ1) is 10.1. The average molecular weight is 286 g/mol. The molecule has 21 heavy (non-hydrogen) atoms. The largest absolute Gasteiger partial charge is 0.423 e. The summed E-state index contributed by atoms with van der Waals surface area (Å²) in [5.74, 6) is 0.862. The number of aromatic nitrogens is 2. The van der Waals surface area contributed by atoms with Crippen molar-refractivity contribution < 1.29 is 9.21 Å². The summed E-state index contributed by atoms with van der Waals surface area (Å²) in [6, 6.07) is 5.71. The summed E-state index contributed by atoms with van der Waals surface area (Å²) in [5.41, 5.74) is 2.59. The second-order valence-corrected chi connectivity index (χ2v) is 5.50. The lowest BCUT2D eigenvalue weighted by Crippen LogP contribution is -2.28. The van der Waals surface area contributed by atoms with Gasteiger partial charge in [0.2, 0.25) is 18.2 Å². The maximum absolute atomic E-state index is 12.4. The second kappa shape index (κ2) is 5.65. The van der Waals surface area contributed by atoms with Crippen molar-refractivity contribution in [3.63, 3.8) is 0 Å². The van der Waals surface area contributed by atoms with Gasteiger partial charge in [0.1, 0.15) is 0 Å². The summed E-state index contributed by atoms with van der Waals surface area (Å²) >= 11 is 0. The molecule has 1 saturated heterocycles. The summed E-state index contributed by atoms with van der Waals surface area (Å²) in [6.45, 7) is 5.67. The van der Waals surface area contributed by atoms with Gasteiger partial charge in [-0.15, -0.1) is 10.2 Å². The van der Waals surface area contributed by atoms with E-state index in [0.717, 1.165) is 29.9 Å². The van der Waals surface area contributed by atoms with Gasteiger partial charge in [-0.3, -0.25) is 4.79 Å². The molecule has 0 bridgehead atoms. The Hall–Kier alpha value is -2.21. The van der Waals surface area contributed by atoms with Gasteiger partial charge in [0.05, 0.1) is 5.92 Å². The normalized spacial score (nSPS) is 21.4. The van der Waals surface area contributed by atoms with Gasteiger partial charge in [0.15, 0.2) is 0 Å². The molecule has 1 aliphatic rings. The van der Waals surface area contributed by atoms with Crippen LogP contribution in [-0.2, 0) is 4.79 Å². The third-order valence-electron chi connectivity index (χ3n) is 3.96. The molecule has 2 atom stereocenters. The van der Waals surface area contributed by atoms with Crippen LogP contribution in [-0.4, -0.2) is 29.2 Å². The smallest absolute Gasteiger partial charge is 0.247 e. The Morgan fingerprint density at radius 2 is 2.29 bits per heavy atom. The zero-order valence-corrected chi connectivity index (χ0v) is 12.1. The topological polar surface area (TPSA) is 80.1 Å². The SMILES string of the molecule is Cc1ccc(-c2nnco2)cc1NC(=O)C1CNCC1C. The third kappa shape index (κ3) is 2.80. The van der Waals surface area contributed by atoms with E-state index in [0.29, 0.717) is 11.8 Å². The number of hydrogen-bond donors (Lipinski definition) is 2. The van der Waals surface area contributed by atoms with Gasteiger partial charge in [-0.2, -0.15) is 0 Å². The molecule has 6 nitrogen and oxygen atoms in total. The zero-order chi connectivity index (χ0) is 14.8. The number of nitrogens with zero attached hydrogens (tertiary/aromatic N) is 2. The molecule has 1 aromatic heterocycles. The number of rotatable bonds is 3. The molecule has 110 valence electrons. The fourth-order valence-corrected chi connectivity index (χ4v) is 2.58. The molecule has 1 aliphatic heterocycles. The van der Waals surface area contributed by atoms with Crippen molar-refractivity contribution in [2.24, 2.45) is 11.8 Å². The molecule has 2 N–H and O–H groups in total. The van der Waals surface area contributed by atoms with Gasteiger partial charge in [0, 0.05) is 17.8 Å². The Morgan fingerprint density at radius 1 is 1.43 bits per heavy atom. The van der Waals surface area contributed by atoms with Crippen molar-refractivity contribution in [1.29, 1.82) is 0 Å². The van der Waals surface area contributed by atoms with E-state index in [1.807, 2.05) is 25.1 Å². The van der Waals surface area contributed by atoms with Crippen LogP contribution >= 0.6 is 0 Å². The van der Waals surface area contributed by atoms with Gasteiger partial charge >= 0.3 is 0 Å². The highest BCUT2D eigenvalue weighted by atomic mass is 16.4. The lowest BCUT2D eigenvalue weighted by molar-refractivity contribution is -0.120. The number of carbonyl (C=O) groups is 1. The van der Waals surface area contributed by atoms with E-state index < -0.39 is 0 Å². The summed E-state index contributed by atoms with van der Waals surface area (Å²) in [4.78, 5) is 12.4. The fourth-order valence-electron chi connectivity index (χ4n) is 2.58. The number of hydrogen-bond acceptors (Lipinski definition) is 5. The van der Waals surface area contributed by atoms with E-state index in [1.54, 1.807) is 0 Å². The predicted octanol–water partition coefficient (Wildman–Crippen LogP) is 1.84. The highest BCUT2D eigenvalue weighted by Gasteiger charge is 2.29. The Bertz CT molecular complexity index is 639. The molecule has 3 rings (SSSR count). The predicted molar refractivity (Wildman–Crippen MR) is 78.6 cm³/mol. The van der Waals surface area contributed by atoms with Gasteiger partial charge in [0.25, 0.3) is 0 Å². The van der Waals surface area contributed by atoms with Crippen LogP contribution in [0.4, 0.5) is 5.69 Å². The number of anilines is 1. The minimum atomic E-state index is 0.0106. The number of nitrogens with one attached hydrogen (secondary N) is 2. The van der Waals surface area contributed by atoms with Crippen LogP contribution in [0.3, 0.4) is 0 Å². The summed E-state index contributed by atoms with van der Waals surface area (Å²) in [5, 5.41) is 13.8. The lowest BCUT2D eigenvalue weighted by Gasteiger charge is -2.16. The number of amides is 1. The van der Waals surface area contributed by atoms with Crippen molar-refractivity contribution in [3.8, 4) is 11.5 Å². The molecule has 0 radical (unpaired) electrons. The Balaban J connectivity index is 1.81. The monoisotopic (exact) mass is 286 g/mol. The van der Waals surface area contributed by atoms with Crippen molar-refractivity contribution in [1.82, 2.24) is 15.5 Å². The first kappa shape index (κ1) is 13.8. The van der Waals surface area contributed by atoms with E-state index in [4.69, 9.17) is 4.42 Å². The molecule has 1 fully saturated rings. The molecule has 6 heteroatoms. The fraction of sp³-hybridized carbons (Fsp3) is 0.400. The highest BCUT2D eigenvalue weighted by molar-refractivity contribution is 5.94. The van der Waals surface area contributed by atoms with E-state index in [9.17, 15) is 4.79 Å². The van der Waals surface area contributed by atoms with E-state index >= 15 is 0 Å². The van der Waals surface area contributed by atoms with Crippen LogP contribution < -0.4 is 10.6 Å². The number of benzene rings is 1. The summed E-state index contributed by atoms with van der Waals surface area (Å²) in [7, 11) is 0. The molecule has 0 spiro atoms. The van der Waals surface area contributed by atoms with Crippen LogP contribution in [0.1, 0.15) is 12.5 Å². The van der Waals surface area contributed by atoms with Crippen LogP contribution in [0.2, 0.25) is 0 Å². The van der Waals surface area contributed by atoms with Gasteiger partial charge in [-0.1, -0.05) is 13.0 Å². The molecule has 1 amide bonds. The van der Waals surface area contributed by atoms with Crippen molar-refractivity contribution >= 4 is 11.6 Å². The average Bonchev–Trinajstić information content (AvgIpc) is 3.12. The van der Waals surface area contributed by atoms with Crippen molar-refractivity contribution in [2.75, 3.05) is 18.4 Å². The van der Waals surface area contributed by atoms with Crippen LogP contribution in [0.15, 0.2) is 29.0 Å². The number of aryl methyl sites for hydroxylation is 1. The van der Waals surface area contributed by atoms with Crippen molar-refractivity contribution in [2.45, 2.75) is 13.8 Å². The Morgan fingerprint density at radius 3 is 2.95 bits per heavy atom. The highest BCUT2D eigenvalue weighted by Crippen LogP contribution is 2.25. The van der Waals surface area contributed by atoms with E-state index in [2.05, 4.69) is 27.8 Å². The van der Waals surface area contributed by atoms with Crippen molar-refractivity contribution in [3.05, 3.63) is 30.2 Å². The van der Waals surface area contributed by atoms with Crippen LogP contribution in [0.25, 0.3) is 11.5 Å². The quantitative estimate of drug-likeness (QED) is 0.900. The molecule has 1 aromatic carbocycles. The molecule has 0 saturated carbocycles. The Labute approximate surface area is 123 Å². The molecule has 2 aromatic rings. The Kier molecular flexibility index (Phi) is 3.70. The molecule has 2 heterocycles. The molecular weight excluding hydrogens is 268 g/mol. The lowest BCUT2D eigenvalue weighted by atomic mass is 9.97. The zero-order valence-electron chi connectivity index (χ0n) is 12.1. The summed E-state index contributed by atoms with van der Waals surface area (Å²) in [6.07, 6.45) is 1.29. The standard InChI is InChI=1S/C15H18N4O2/c1-9-3-4-11(15-19-17-8-21-15)5-13(9)18-14(20)12-7-16-6-10(12)2/h3-5,8,10,12,16H,6-7H2,1-2H3,(H,18,20). The summed E-state index contributed by atoms with van der Waals surface area (Å²) < 4.78 is 5.19. The molecular formula is C15H18N4O2. The first-order valence-electron chi connectivity index (χ1n) is 7.04. The third-order valence-corrected chi connectivity index (χ3v) is 3.96. The minimum Gasteiger partial charge on any atom is -0.423 e. The maximum atomic E-state index is 12.4. The van der Waals surface area contributed by atoms with E-state index in [-0.39, 0.29) is 11.8 Å². The number of carbonyl (C=O) groups excluding carboxylic acids is 1. The van der Waals surface area contributed by atoms with E-state index in [1.165, 1.54) is 6.39 Å². The first-order valence-corrected chi connectivity index (χ1v) is 7.04. The molecule has 0 aliphatic carbocycles. The second-order valence-electron chi connectivity index (χ2n) is 5.50. The van der Waals surface area contributed by atoms with Crippen LogP contribution in [0.5, 0.6) is 0 Å². The van der Waals surface area contributed by atoms with Crippen LogP contribution in [0, 0.1) is 18.8 Å². The van der Waals surface area contributed by atoms with Gasteiger partial charge in [-0.25, -0.2) is 0 Å². The van der Waals surface area contributed by atoms with Gasteiger partial charge < -0.3 is 15.1 Å². The molecule has 2 unspecified atom stereocenters.